The van der Waals surface area contributed by atoms with Crippen molar-refractivity contribution in [2.75, 3.05) is 14.2 Å². The second-order valence-corrected chi connectivity index (χ2v) is 7.62. The van der Waals surface area contributed by atoms with Gasteiger partial charge in [-0.2, -0.15) is 0 Å². The summed E-state index contributed by atoms with van der Waals surface area (Å²) in [4.78, 5) is 4.89. The summed E-state index contributed by atoms with van der Waals surface area (Å²) in [5.74, 6) is 3.10. The number of nitrogens with zero attached hydrogens (tertiary/aromatic N) is 4. The number of aliphatic imine (C=N–C) groups is 1. The largest absolute Gasteiger partial charge is 0.497 e. The molecule has 0 radical (unpaired) electrons. The summed E-state index contributed by atoms with van der Waals surface area (Å²) < 4.78 is 18.8. The number of ether oxygens (including phenoxy) is 3. The van der Waals surface area contributed by atoms with E-state index in [1.54, 1.807) is 14.2 Å². The van der Waals surface area contributed by atoms with Crippen molar-refractivity contribution in [1.82, 2.24) is 14.8 Å². The first-order valence-corrected chi connectivity index (χ1v) is 10.7. The monoisotopic (exact) mass is 440 g/mol. The smallest absolute Gasteiger partial charge is 0.163 e. The summed E-state index contributed by atoms with van der Waals surface area (Å²) >= 11 is 0. The number of methoxy groups -OCH3 is 2. The van der Waals surface area contributed by atoms with Crippen LogP contribution in [0.3, 0.4) is 0 Å². The minimum absolute atomic E-state index is 0.325. The average Bonchev–Trinajstić information content (AvgIpc) is 3.19. The molecule has 0 N–H and O–H groups in total. The molecule has 0 spiro atoms. The minimum atomic E-state index is 0.325. The maximum absolute atomic E-state index is 5.99. The molecule has 0 aliphatic carbocycles. The summed E-state index contributed by atoms with van der Waals surface area (Å²) in [7, 11) is 3.32. The van der Waals surface area contributed by atoms with E-state index in [1.807, 2.05) is 65.2 Å². The van der Waals surface area contributed by atoms with Gasteiger partial charge in [-0.1, -0.05) is 42.5 Å². The van der Waals surface area contributed by atoms with E-state index in [0.29, 0.717) is 19.8 Å². The van der Waals surface area contributed by atoms with E-state index in [1.165, 1.54) is 0 Å². The highest BCUT2D eigenvalue weighted by Crippen LogP contribution is 2.29. The van der Waals surface area contributed by atoms with E-state index in [-0.39, 0.29) is 0 Å². The third-order valence-electron chi connectivity index (χ3n) is 5.58. The van der Waals surface area contributed by atoms with Crippen molar-refractivity contribution >= 4 is 5.71 Å². The van der Waals surface area contributed by atoms with Gasteiger partial charge < -0.3 is 14.2 Å². The lowest BCUT2D eigenvalue weighted by Crippen LogP contribution is -2.10. The van der Waals surface area contributed by atoms with Crippen molar-refractivity contribution < 1.29 is 14.2 Å². The fraction of sp³-hybridized carbons (Fsp3) is 0.192. The third-order valence-corrected chi connectivity index (χ3v) is 5.58. The van der Waals surface area contributed by atoms with Gasteiger partial charge in [-0.25, -0.2) is 0 Å². The van der Waals surface area contributed by atoms with Crippen LogP contribution >= 0.6 is 0 Å². The topological polar surface area (TPSA) is 70.8 Å². The molecule has 1 aromatic heterocycles. The molecule has 1 aliphatic heterocycles. The molecular formula is C26H24N4O3. The van der Waals surface area contributed by atoms with Gasteiger partial charge in [0.25, 0.3) is 0 Å². The van der Waals surface area contributed by atoms with Gasteiger partial charge in [0.1, 0.15) is 24.7 Å². The molecule has 0 amide bonds. The summed E-state index contributed by atoms with van der Waals surface area (Å²) in [6.07, 6.45) is 0. The SMILES string of the molecule is COc1ccc(COCc2nnc3n2-c2ccc(OC)cc2C(c2ccccc2)=NC3)cc1. The molecule has 0 atom stereocenters. The van der Waals surface area contributed by atoms with E-state index in [2.05, 4.69) is 22.3 Å². The Bertz CT molecular complexity index is 1280. The summed E-state index contributed by atoms with van der Waals surface area (Å²) in [6.45, 7) is 1.21. The first kappa shape index (κ1) is 20.9. The first-order valence-electron chi connectivity index (χ1n) is 10.7. The molecule has 0 saturated heterocycles. The second kappa shape index (κ2) is 9.26. The van der Waals surface area contributed by atoms with Crippen LogP contribution in [0.4, 0.5) is 0 Å². The standard InChI is InChI=1S/C26H24N4O3/c1-31-20-10-8-18(9-11-20)16-33-17-25-29-28-24-15-27-26(19-6-4-3-5-7-19)22-14-21(32-2)12-13-23(22)30(24)25/h3-14H,15-17H2,1-2H3. The first-order chi connectivity index (χ1) is 16.3. The summed E-state index contributed by atoms with van der Waals surface area (Å²) in [5, 5.41) is 8.82. The number of rotatable bonds is 7. The van der Waals surface area contributed by atoms with Gasteiger partial charge in [0.2, 0.25) is 0 Å². The van der Waals surface area contributed by atoms with Gasteiger partial charge in [0.15, 0.2) is 11.6 Å². The van der Waals surface area contributed by atoms with Gasteiger partial charge in [-0.05, 0) is 35.9 Å². The van der Waals surface area contributed by atoms with Crippen molar-refractivity contribution in [3.63, 3.8) is 0 Å². The average molecular weight is 441 g/mol. The van der Waals surface area contributed by atoms with Crippen LogP contribution in [-0.4, -0.2) is 34.7 Å². The van der Waals surface area contributed by atoms with E-state index < -0.39 is 0 Å². The van der Waals surface area contributed by atoms with Crippen molar-refractivity contribution in [2.45, 2.75) is 19.8 Å². The zero-order chi connectivity index (χ0) is 22.6. The van der Waals surface area contributed by atoms with Crippen molar-refractivity contribution in [3.8, 4) is 17.2 Å². The highest BCUT2D eigenvalue weighted by molar-refractivity contribution is 6.15. The second-order valence-electron chi connectivity index (χ2n) is 7.62. The number of fused-ring (bicyclic) bond motifs is 3. The highest BCUT2D eigenvalue weighted by Gasteiger charge is 2.23. The van der Waals surface area contributed by atoms with Gasteiger partial charge >= 0.3 is 0 Å². The van der Waals surface area contributed by atoms with Crippen molar-refractivity contribution in [2.24, 2.45) is 4.99 Å². The maximum Gasteiger partial charge on any atom is 0.163 e. The predicted molar refractivity (Wildman–Crippen MR) is 125 cm³/mol. The van der Waals surface area contributed by atoms with Crippen LogP contribution in [0.25, 0.3) is 5.69 Å². The Balaban J connectivity index is 1.46. The predicted octanol–water partition coefficient (Wildman–Crippen LogP) is 4.35. The van der Waals surface area contributed by atoms with Gasteiger partial charge in [-0.15, -0.1) is 10.2 Å². The molecule has 5 rings (SSSR count). The lowest BCUT2D eigenvalue weighted by atomic mass is 10.00. The molecule has 2 heterocycles. The Hall–Kier alpha value is -3.97. The molecule has 166 valence electrons. The Morgan fingerprint density at radius 3 is 2.33 bits per heavy atom. The lowest BCUT2D eigenvalue weighted by Gasteiger charge is -2.15. The molecule has 7 nitrogen and oxygen atoms in total. The van der Waals surface area contributed by atoms with Gasteiger partial charge in [0, 0.05) is 11.1 Å². The molecule has 4 aromatic rings. The third kappa shape index (κ3) is 4.23. The zero-order valence-corrected chi connectivity index (χ0v) is 18.6. The Morgan fingerprint density at radius 1 is 0.818 bits per heavy atom. The highest BCUT2D eigenvalue weighted by atomic mass is 16.5. The van der Waals surface area contributed by atoms with E-state index in [0.717, 1.165) is 51.2 Å². The lowest BCUT2D eigenvalue weighted by molar-refractivity contribution is 0.100. The van der Waals surface area contributed by atoms with Crippen LogP contribution in [-0.2, 0) is 24.5 Å². The molecule has 7 heteroatoms. The van der Waals surface area contributed by atoms with Crippen LogP contribution in [0.15, 0.2) is 77.8 Å². The summed E-state index contributed by atoms with van der Waals surface area (Å²) in [6, 6.07) is 24.0. The van der Waals surface area contributed by atoms with Crippen LogP contribution in [0.1, 0.15) is 28.3 Å². The molecule has 33 heavy (non-hydrogen) atoms. The number of hydrogen-bond donors (Lipinski definition) is 0. The van der Waals surface area contributed by atoms with Crippen LogP contribution in [0.5, 0.6) is 11.5 Å². The molecular weight excluding hydrogens is 416 g/mol. The van der Waals surface area contributed by atoms with E-state index in [9.17, 15) is 0 Å². The Morgan fingerprint density at radius 2 is 1.58 bits per heavy atom. The molecule has 0 saturated carbocycles. The zero-order valence-electron chi connectivity index (χ0n) is 18.6. The molecule has 0 unspecified atom stereocenters. The fourth-order valence-electron chi connectivity index (χ4n) is 3.91. The quantitative estimate of drug-likeness (QED) is 0.427. The number of hydrogen-bond acceptors (Lipinski definition) is 6. The van der Waals surface area contributed by atoms with Crippen LogP contribution in [0.2, 0.25) is 0 Å². The Kier molecular flexibility index (Phi) is 5.87. The van der Waals surface area contributed by atoms with E-state index >= 15 is 0 Å². The van der Waals surface area contributed by atoms with Gasteiger partial charge in [-0.3, -0.25) is 9.56 Å². The van der Waals surface area contributed by atoms with Crippen LogP contribution in [0, 0.1) is 0 Å². The minimum Gasteiger partial charge on any atom is -0.497 e. The maximum atomic E-state index is 5.99. The molecule has 3 aromatic carbocycles. The Labute approximate surface area is 192 Å². The number of aromatic nitrogens is 3. The molecule has 0 fully saturated rings. The van der Waals surface area contributed by atoms with Crippen molar-refractivity contribution in [3.05, 3.63) is 101 Å². The molecule has 0 bridgehead atoms. The normalized spacial score (nSPS) is 12.4. The number of benzene rings is 3. The van der Waals surface area contributed by atoms with Gasteiger partial charge in [0.05, 0.1) is 32.2 Å². The summed E-state index contributed by atoms with van der Waals surface area (Å²) in [5.41, 5.74) is 4.93. The van der Waals surface area contributed by atoms with E-state index in [4.69, 9.17) is 19.2 Å². The molecule has 1 aliphatic rings. The van der Waals surface area contributed by atoms with Crippen molar-refractivity contribution in [1.29, 1.82) is 0 Å². The van der Waals surface area contributed by atoms with Crippen LogP contribution < -0.4 is 9.47 Å². The fourth-order valence-corrected chi connectivity index (χ4v) is 3.91.